The molecule has 1 atom stereocenters. The lowest BCUT2D eigenvalue weighted by atomic mass is 10.0. The highest BCUT2D eigenvalue weighted by molar-refractivity contribution is 5.80. The highest BCUT2D eigenvalue weighted by Crippen LogP contribution is 2.14. The van der Waals surface area contributed by atoms with E-state index in [1.54, 1.807) is 12.1 Å². The van der Waals surface area contributed by atoms with E-state index in [9.17, 15) is 14.3 Å². The van der Waals surface area contributed by atoms with Crippen molar-refractivity contribution in [3.05, 3.63) is 71.5 Å². The van der Waals surface area contributed by atoms with Gasteiger partial charge in [-0.15, -0.1) is 0 Å². The van der Waals surface area contributed by atoms with E-state index < -0.39 is 0 Å². The Morgan fingerprint density at radius 3 is 2.38 bits per heavy atom. The predicted octanol–water partition coefficient (Wildman–Crippen LogP) is 1.82. The fraction of sp³-hybridized carbons (Fsp3) is 0.364. The highest BCUT2D eigenvalue weighted by Gasteiger charge is 2.10. The molecule has 4 N–H and O–H groups in total. The number of nitrogens with zero attached hydrogens (tertiary/aromatic N) is 1. The molecule has 0 spiro atoms. The number of nitrogens with one attached hydrogen (secondary N) is 3. The summed E-state index contributed by atoms with van der Waals surface area (Å²) in [6.07, 6.45) is 0.212. The van der Waals surface area contributed by atoms with Gasteiger partial charge in [-0.1, -0.05) is 42.5 Å². The van der Waals surface area contributed by atoms with Gasteiger partial charge in [-0.05, 0) is 30.2 Å². The first kappa shape index (κ1) is 22.4. The molecule has 0 heterocycles. The molecule has 2 rings (SSSR count). The Hall–Kier alpha value is -2.93. The number of hydrogen-bond acceptors (Lipinski definition) is 3. The quantitative estimate of drug-likeness (QED) is 0.278. The minimum absolute atomic E-state index is 0.0202. The molecule has 0 bridgehead atoms. The molecule has 0 fully saturated rings. The minimum Gasteiger partial charge on any atom is -0.396 e. The van der Waals surface area contributed by atoms with E-state index >= 15 is 0 Å². The van der Waals surface area contributed by atoms with Gasteiger partial charge >= 0.3 is 0 Å². The number of hydrogen-bond donors (Lipinski definition) is 4. The molecule has 0 aliphatic heterocycles. The Morgan fingerprint density at radius 1 is 1.03 bits per heavy atom. The largest absolute Gasteiger partial charge is 0.396 e. The van der Waals surface area contributed by atoms with Gasteiger partial charge in [0.15, 0.2) is 5.96 Å². The third-order valence-corrected chi connectivity index (χ3v) is 4.32. The van der Waals surface area contributed by atoms with Crippen LogP contribution in [0.25, 0.3) is 0 Å². The van der Waals surface area contributed by atoms with Crippen LogP contribution in [0, 0.1) is 5.82 Å². The second kappa shape index (κ2) is 12.5. The molecule has 0 aliphatic carbocycles. The summed E-state index contributed by atoms with van der Waals surface area (Å²) in [4.78, 5) is 16.5. The molecule has 2 aromatic carbocycles. The maximum Gasteiger partial charge on any atom is 0.224 e. The van der Waals surface area contributed by atoms with Crippen LogP contribution in [0.3, 0.4) is 0 Å². The summed E-state index contributed by atoms with van der Waals surface area (Å²) in [6, 6.07) is 15.7. The average molecular weight is 400 g/mol. The Balaban J connectivity index is 1.77. The molecule has 29 heavy (non-hydrogen) atoms. The number of benzene rings is 2. The lowest BCUT2D eigenvalue weighted by molar-refractivity contribution is -0.120. The van der Waals surface area contributed by atoms with Gasteiger partial charge in [0.2, 0.25) is 5.91 Å². The zero-order valence-corrected chi connectivity index (χ0v) is 16.7. The van der Waals surface area contributed by atoms with Gasteiger partial charge < -0.3 is 21.1 Å². The van der Waals surface area contributed by atoms with Crippen molar-refractivity contribution < 1.29 is 14.3 Å². The molecule has 0 radical (unpaired) electrons. The summed E-state index contributed by atoms with van der Waals surface area (Å²) in [5.74, 6) is 0.130. The molecule has 1 amide bonds. The summed E-state index contributed by atoms with van der Waals surface area (Å²) in [6.45, 7) is 4.10. The van der Waals surface area contributed by atoms with Gasteiger partial charge in [0.25, 0.3) is 0 Å². The smallest absolute Gasteiger partial charge is 0.224 e. The maximum atomic E-state index is 12.9. The summed E-state index contributed by atoms with van der Waals surface area (Å²) in [5, 5.41) is 18.8. The van der Waals surface area contributed by atoms with Crippen molar-refractivity contribution in [2.45, 2.75) is 19.3 Å². The van der Waals surface area contributed by atoms with E-state index in [4.69, 9.17) is 0 Å². The van der Waals surface area contributed by atoms with Gasteiger partial charge in [0.1, 0.15) is 5.82 Å². The van der Waals surface area contributed by atoms with E-state index in [1.807, 2.05) is 37.3 Å². The molecule has 6 nitrogen and oxygen atoms in total. The van der Waals surface area contributed by atoms with Crippen molar-refractivity contribution in [2.75, 3.05) is 32.8 Å². The third kappa shape index (κ3) is 8.31. The van der Waals surface area contributed by atoms with Crippen molar-refractivity contribution in [1.82, 2.24) is 16.0 Å². The molecular weight excluding hydrogens is 371 g/mol. The summed E-state index contributed by atoms with van der Waals surface area (Å²) >= 11 is 0. The molecule has 2 aromatic rings. The van der Waals surface area contributed by atoms with Crippen LogP contribution in [0.15, 0.2) is 59.6 Å². The average Bonchev–Trinajstić information content (AvgIpc) is 2.74. The van der Waals surface area contributed by atoms with Crippen molar-refractivity contribution in [3.8, 4) is 0 Å². The molecule has 0 saturated heterocycles. The van der Waals surface area contributed by atoms with Crippen molar-refractivity contribution in [1.29, 1.82) is 0 Å². The number of carbonyl (C=O) groups excluding carboxylic acids is 1. The molecule has 7 heteroatoms. The van der Waals surface area contributed by atoms with Crippen molar-refractivity contribution in [2.24, 2.45) is 4.99 Å². The number of rotatable bonds is 10. The lowest BCUT2D eigenvalue weighted by Crippen LogP contribution is -2.42. The fourth-order valence-corrected chi connectivity index (χ4v) is 2.77. The number of aliphatic imine (C=N–C) groups is 1. The van der Waals surface area contributed by atoms with Gasteiger partial charge in [-0.3, -0.25) is 9.79 Å². The second-order valence-corrected chi connectivity index (χ2v) is 6.59. The van der Waals surface area contributed by atoms with E-state index in [0.29, 0.717) is 32.1 Å². The molecule has 156 valence electrons. The summed E-state index contributed by atoms with van der Waals surface area (Å²) in [7, 11) is 0. The number of aliphatic hydroxyl groups is 1. The lowest BCUT2D eigenvalue weighted by Gasteiger charge is -2.15. The molecule has 0 saturated carbocycles. The molecule has 0 aromatic heterocycles. The van der Waals surface area contributed by atoms with Gasteiger partial charge in [0, 0.05) is 25.6 Å². The molecule has 0 aliphatic rings. The zero-order chi connectivity index (χ0) is 20.9. The summed E-state index contributed by atoms with van der Waals surface area (Å²) < 4.78 is 12.9. The first-order valence-electron chi connectivity index (χ1n) is 9.81. The maximum absolute atomic E-state index is 12.9. The van der Waals surface area contributed by atoms with E-state index in [0.717, 1.165) is 11.1 Å². The third-order valence-electron chi connectivity index (χ3n) is 4.32. The normalized spacial score (nSPS) is 12.3. The molecular formula is C22H29FN4O2. The van der Waals surface area contributed by atoms with E-state index in [1.165, 1.54) is 12.1 Å². The summed E-state index contributed by atoms with van der Waals surface area (Å²) in [5.41, 5.74) is 1.81. The van der Waals surface area contributed by atoms with Crippen LogP contribution in [-0.4, -0.2) is 49.8 Å². The van der Waals surface area contributed by atoms with Crippen molar-refractivity contribution in [3.63, 3.8) is 0 Å². The molecule has 1 unspecified atom stereocenters. The van der Waals surface area contributed by atoms with Crippen LogP contribution in [0.4, 0.5) is 4.39 Å². The standard InChI is InChI=1S/C22H29FN4O2/c1-2-24-22(27-15-19(16-28)18-6-4-3-5-7-18)26-13-12-25-21(29)14-17-8-10-20(23)11-9-17/h3-11,19,28H,2,12-16H2,1H3,(H,25,29)(H2,24,26,27). The topological polar surface area (TPSA) is 85.8 Å². The van der Waals surface area contributed by atoms with Crippen molar-refractivity contribution >= 4 is 11.9 Å². The minimum atomic E-state index is -0.315. The zero-order valence-electron chi connectivity index (χ0n) is 16.7. The van der Waals surface area contributed by atoms with Gasteiger partial charge in [0.05, 0.1) is 19.6 Å². The van der Waals surface area contributed by atoms with Gasteiger partial charge in [-0.2, -0.15) is 0 Å². The Morgan fingerprint density at radius 2 is 1.72 bits per heavy atom. The number of aliphatic hydroxyl groups excluding tert-OH is 1. The SMILES string of the molecule is CCNC(=NCC(CO)c1ccccc1)NCCNC(=O)Cc1ccc(F)cc1. The monoisotopic (exact) mass is 400 g/mol. The Kier molecular flexibility index (Phi) is 9.65. The van der Waals surface area contributed by atoms with Crippen LogP contribution >= 0.6 is 0 Å². The fourth-order valence-electron chi connectivity index (χ4n) is 2.77. The Labute approximate surface area is 171 Å². The Bertz CT molecular complexity index is 766. The first-order chi connectivity index (χ1) is 14.1. The van der Waals surface area contributed by atoms with Crippen LogP contribution in [0.1, 0.15) is 24.0 Å². The number of halogens is 1. The number of guanidine groups is 1. The predicted molar refractivity (Wildman–Crippen MR) is 113 cm³/mol. The van der Waals surface area contributed by atoms with Crippen LogP contribution in [0.5, 0.6) is 0 Å². The highest BCUT2D eigenvalue weighted by atomic mass is 19.1. The van der Waals surface area contributed by atoms with Crippen LogP contribution in [-0.2, 0) is 11.2 Å². The van der Waals surface area contributed by atoms with Gasteiger partial charge in [-0.25, -0.2) is 4.39 Å². The van der Waals surface area contributed by atoms with Crippen LogP contribution in [0.2, 0.25) is 0 Å². The second-order valence-electron chi connectivity index (χ2n) is 6.59. The first-order valence-corrected chi connectivity index (χ1v) is 9.81. The number of amides is 1. The van der Waals surface area contributed by atoms with E-state index in [-0.39, 0.29) is 30.7 Å². The van der Waals surface area contributed by atoms with Crippen LogP contribution < -0.4 is 16.0 Å². The van der Waals surface area contributed by atoms with E-state index in [2.05, 4.69) is 20.9 Å². The number of carbonyl (C=O) groups is 1.